The Hall–Kier alpha value is -2.09. The van der Waals surface area contributed by atoms with Crippen LogP contribution in [0.5, 0.6) is 0 Å². The van der Waals surface area contributed by atoms with Crippen molar-refractivity contribution < 1.29 is 34.0 Å². The third-order valence-corrected chi connectivity index (χ3v) is 11.6. The van der Waals surface area contributed by atoms with Crippen LogP contribution < -0.4 is 0 Å². The predicted molar refractivity (Wildman–Crippen MR) is 143 cm³/mol. The molecular weight excluding hydrogens is 496 g/mol. The predicted octanol–water partition coefficient (Wildman–Crippen LogP) is 5.03. The van der Waals surface area contributed by atoms with Gasteiger partial charge in [-0.05, 0) is 63.0 Å². The molecule has 3 fully saturated rings. The van der Waals surface area contributed by atoms with Gasteiger partial charge in [0.15, 0.2) is 5.78 Å². The topological polar surface area (TPSA) is 99.1 Å². The van der Waals surface area contributed by atoms with E-state index in [0.717, 1.165) is 16.7 Å². The van der Waals surface area contributed by atoms with E-state index in [4.69, 9.17) is 14.5 Å². The highest BCUT2D eigenvalue weighted by atomic mass is 17.2. The number of carbonyl (C=O) groups is 3. The quantitative estimate of drug-likeness (QED) is 0.299. The van der Waals surface area contributed by atoms with Gasteiger partial charge in [-0.3, -0.25) is 14.4 Å². The number of hydrogen-bond donors (Lipinski definition) is 1. The Labute approximate surface area is 230 Å². The molecular formula is C32H42O7. The van der Waals surface area contributed by atoms with Crippen LogP contribution in [0.1, 0.15) is 81.6 Å². The number of hydrogen-bond acceptors (Lipinski definition) is 7. The molecule has 212 valence electrons. The van der Waals surface area contributed by atoms with Crippen molar-refractivity contribution in [2.24, 2.45) is 46.3 Å². The lowest BCUT2D eigenvalue weighted by molar-refractivity contribution is -0.392. The lowest BCUT2D eigenvalue weighted by Gasteiger charge is -2.50. The number of carbonyl (C=O) groups excluding carboxylic acids is 3. The largest absolute Gasteiger partial charge is 0.461 e. The molecule has 2 spiro atoms. The van der Waals surface area contributed by atoms with Gasteiger partial charge in [0, 0.05) is 53.9 Å². The Morgan fingerprint density at radius 2 is 1.74 bits per heavy atom. The van der Waals surface area contributed by atoms with Crippen LogP contribution >= 0.6 is 0 Å². The molecule has 1 saturated heterocycles. The minimum absolute atomic E-state index is 0.0729. The standard InChI is InChI=1S/C32H42O7/c1-14(2)20-11-21-17(5)25-28(37-19(7)33)32(21,15(3)10-23(20)34)27-26(35)18(6)22-12-24-29(8,9)38-39-30(24,36)13-16(4)31(22,25)27/h12,14-16,20,25,27-28,36H,10-11,13H2,1-9H3/t15-,16+,20+,25-,27-,28+,30+,31+,32-/m0/s1. The Kier molecular flexibility index (Phi) is 5.57. The summed E-state index contributed by atoms with van der Waals surface area (Å²) in [4.78, 5) is 52.1. The number of allylic oxidation sites excluding steroid dienone is 3. The van der Waals surface area contributed by atoms with Gasteiger partial charge in [-0.25, -0.2) is 4.89 Å². The van der Waals surface area contributed by atoms with Crippen molar-refractivity contribution in [3.05, 3.63) is 33.9 Å². The highest BCUT2D eigenvalue weighted by Gasteiger charge is 2.82. The molecule has 0 aromatic carbocycles. The van der Waals surface area contributed by atoms with Gasteiger partial charge >= 0.3 is 5.97 Å². The van der Waals surface area contributed by atoms with Gasteiger partial charge in [-0.2, -0.15) is 4.89 Å². The zero-order valence-electron chi connectivity index (χ0n) is 24.6. The summed E-state index contributed by atoms with van der Waals surface area (Å²) in [7, 11) is 0. The van der Waals surface area contributed by atoms with Crippen molar-refractivity contribution in [3.63, 3.8) is 0 Å². The van der Waals surface area contributed by atoms with Gasteiger partial charge in [0.25, 0.3) is 0 Å². The summed E-state index contributed by atoms with van der Waals surface area (Å²) in [5.74, 6) is -2.77. The van der Waals surface area contributed by atoms with Crippen LogP contribution in [0.25, 0.3) is 0 Å². The molecule has 0 aromatic rings. The summed E-state index contributed by atoms with van der Waals surface area (Å²) in [6.07, 6.45) is 2.60. The number of rotatable bonds is 2. The molecule has 9 atom stereocenters. The molecule has 7 nitrogen and oxygen atoms in total. The van der Waals surface area contributed by atoms with E-state index in [1.807, 2.05) is 26.8 Å². The maximum absolute atomic E-state index is 14.6. The molecule has 0 unspecified atom stereocenters. The van der Waals surface area contributed by atoms with E-state index in [1.165, 1.54) is 6.92 Å². The summed E-state index contributed by atoms with van der Waals surface area (Å²) in [6, 6.07) is 0. The smallest absolute Gasteiger partial charge is 0.302 e. The zero-order chi connectivity index (χ0) is 28.6. The first kappa shape index (κ1) is 27.1. The summed E-state index contributed by atoms with van der Waals surface area (Å²) in [6.45, 7) is 17.5. The number of esters is 1. The second kappa shape index (κ2) is 8.01. The van der Waals surface area contributed by atoms with Crippen LogP contribution in [0.2, 0.25) is 0 Å². The zero-order valence-corrected chi connectivity index (χ0v) is 24.6. The van der Waals surface area contributed by atoms with Crippen molar-refractivity contribution in [3.8, 4) is 0 Å². The Morgan fingerprint density at radius 3 is 2.36 bits per heavy atom. The maximum Gasteiger partial charge on any atom is 0.302 e. The van der Waals surface area contributed by atoms with Crippen LogP contribution in [0.4, 0.5) is 0 Å². The highest BCUT2D eigenvalue weighted by Crippen LogP contribution is 2.80. The number of Topliss-reactive ketones (excluding diaryl/α,β-unsaturated/α-hetero) is 2. The van der Waals surface area contributed by atoms with Gasteiger partial charge in [0.2, 0.25) is 5.79 Å². The summed E-state index contributed by atoms with van der Waals surface area (Å²) in [5.41, 5.74) is 2.15. The summed E-state index contributed by atoms with van der Waals surface area (Å²) in [5, 5.41) is 11.8. The normalized spacial score (nSPS) is 46.1. The Bertz CT molecular complexity index is 1300. The Balaban J connectivity index is 1.67. The van der Waals surface area contributed by atoms with Gasteiger partial charge in [-0.1, -0.05) is 44.9 Å². The monoisotopic (exact) mass is 538 g/mol. The van der Waals surface area contributed by atoms with Crippen molar-refractivity contribution in [1.82, 2.24) is 0 Å². The first-order chi connectivity index (χ1) is 18.1. The third-order valence-electron chi connectivity index (χ3n) is 11.6. The first-order valence-electron chi connectivity index (χ1n) is 14.5. The molecule has 1 heterocycles. The molecule has 1 N–H and O–H groups in total. The maximum atomic E-state index is 14.6. The highest BCUT2D eigenvalue weighted by molar-refractivity contribution is 6.05. The van der Waals surface area contributed by atoms with Gasteiger partial charge < -0.3 is 9.84 Å². The van der Waals surface area contributed by atoms with E-state index in [2.05, 4.69) is 34.6 Å². The molecule has 2 saturated carbocycles. The van der Waals surface area contributed by atoms with E-state index < -0.39 is 34.2 Å². The molecule has 5 aliphatic carbocycles. The van der Waals surface area contributed by atoms with E-state index in [1.54, 1.807) is 0 Å². The van der Waals surface area contributed by atoms with E-state index in [0.29, 0.717) is 24.0 Å². The van der Waals surface area contributed by atoms with Crippen molar-refractivity contribution in [2.75, 3.05) is 0 Å². The molecule has 39 heavy (non-hydrogen) atoms. The molecule has 1 aliphatic heterocycles. The summed E-state index contributed by atoms with van der Waals surface area (Å²) < 4.78 is 6.29. The fourth-order valence-electron chi connectivity index (χ4n) is 10.2. The lowest BCUT2D eigenvalue weighted by Crippen LogP contribution is -2.50. The molecule has 6 rings (SSSR count). The number of fused-ring (bicyclic) bond motifs is 2. The second-order valence-electron chi connectivity index (χ2n) is 14.1. The number of ether oxygens (including phenoxy) is 1. The van der Waals surface area contributed by atoms with Crippen LogP contribution in [-0.4, -0.2) is 40.1 Å². The van der Waals surface area contributed by atoms with E-state index in [-0.39, 0.29) is 53.5 Å². The van der Waals surface area contributed by atoms with Crippen LogP contribution in [0.15, 0.2) is 33.9 Å². The van der Waals surface area contributed by atoms with Gasteiger partial charge in [-0.15, -0.1) is 0 Å². The third kappa shape index (κ3) is 2.97. The molecule has 0 aromatic heterocycles. The lowest BCUT2D eigenvalue weighted by atomic mass is 9.51. The average molecular weight is 539 g/mol. The van der Waals surface area contributed by atoms with Crippen molar-refractivity contribution in [1.29, 1.82) is 0 Å². The first-order valence-corrected chi connectivity index (χ1v) is 14.5. The minimum atomic E-state index is -1.62. The van der Waals surface area contributed by atoms with E-state index in [9.17, 15) is 19.5 Å². The average Bonchev–Trinajstić information content (AvgIpc) is 3.32. The molecule has 6 aliphatic rings. The van der Waals surface area contributed by atoms with Crippen molar-refractivity contribution in [2.45, 2.75) is 99.1 Å². The van der Waals surface area contributed by atoms with Crippen molar-refractivity contribution >= 4 is 17.5 Å². The molecule has 0 amide bonds. The number of aliphatic hydroxyl groups is 1. The van der Waals surface area contributed by atoms with Crippen LogP contribution in [0, 0.1) is 46.3 Å². The van der Waals surface area contributed by atoms with Gasteiger partial charge in [0.1, 0.15) is 17.5 Å². The molecule has 7 heteroatoms. The van der Waals surface area contributed by atoms with Crippen LogP contribution in [-0.2, 0) is 28.9 Å². The molecule has 0 radical (unpaired) electrons. The van der Waals surface area contributed by atoms with Gasteiger partial charge in [0.05, 0.1) is 0 Å². The minimum Gasteiger partial charge on any atom is -0.461 e. The fraction of sp³-hybridized carbons (Fsp3) is 0.719. The summed E-state index contributed by atoms with van der Waals surface area (Å²) >= 11 is 0. The second-order valence-corrected chi connectivity index (χ2v) is 14.1. The number of ketones is 2. The Morgan fingerprint density at radius 1 is 1.08 bits per heavy atom. The molecule has 2 bridgehead atoms. The van der Waals surface area contributed by atoms with E-state index >= 15 is 0 Å². The van der Waals surface area contributed by atoms with Crippen LogP contribution in [0.3, 0.4) is 0 Å². The SMILES string of the molecule is CC(=O)O[C@@H]1[C@@H]2C(C)=C3C[C@H](C(C)C)C(=O)C[C@H](C)[C@@]31[C@H]1C(=O)C(C)=C3C=C4C(C)(C)OO[C@]4(O)C[C@@H](C)[C@]312. The fourth-order valence-corrected chi connectivity index (χ4v) is 10.2.